The van der Waals surface area contributed by atoms with Gasteiger partial charge in [-0.3, -0.25) is 19.3 Å². The minimum Gasteiger partial charge on any atom is -0.493 e. The summed E-state index contributed by atoms with van der Waals surface area (Å²) in [5.41, 5.74) is 2.23. The molecule has 1 heterocycles. The molecule has 0 saturated carbocycles. The molecular formula is C30H24N2O5S. The maximum Gasteiger partial charge on any atom is 0.293 e. The standard InChI is InChI=1S/C30H24N2O5S/c1-36-26-16-20(12-14-25(26)37-19-28(33)31-24-9-3-2-4-10-24)17-27-29(34)32(30(35)38-27)18-21-11-13-22-7-5-6-8-23(22)15-21/h2-17H,18-19H2,1H3,(H,31,33)/b27-17-. The summed E-state index contributed by atoms with van der Waals surface area (Å²) in [7, 11) is 1.49. The minimum absolute atomic E-state index is 0.196. The van der Waals surface area contributed by atoms with Crippen LogP contribution in [0.5, 0.6) is 11.5 Å². The fourth-order valence-electron chi connectivity index (χ4n) is 4.06. The Morgan fingerprint density at radius 2 is 1.66 bits per heavy atom. The first-order chi connectivity index (χ1) is 18.5. The third kappa shape index (κ3) is 5.71. The number of anilines is 1. The lowest BCUT2D eigenvalue weighted by atomic mass is 10.1. The number of nitrogens with one attached hydrogen (secondary N) is 1. The zero-order valence-electron chi connectivity index (χ0n) is 20.5. The van der Waals surface area contributed by atoms with E-state index in [-0.39, 0.29) is 30.2 Å². The van der Waals surface area contributed by atoms with E-state index in [1.54, 1.807) is 36.4 Å². The molecule has 3 amide bonds. The summed E-state index contributed by atoms with van der Waals surface area (Å²) in [5.74, 6) is 0.145. The molecular weight excluding hydrogens is 500 g/mol. The highest BCUT2D eigenvalue weighted by molar-refractivity contribution is 8.18. The third-order valence-electron chi connectivity index (χ3n) is 5.93. The maximum atomic E-state index is 13.1. The smallest absolute Gasteiger partial charge is 0.293 e. The Hall–Kier alpha value is -4.56. The van der Waals surface area contributed by atoms with Crippen molar-refractivity contribution in [2.75, 3.05) is 19.0 Å². The number of carbonyl (C=O) groups excluding carboxylic acids is 3. The lowest BCUT2D eigenvalue weighted by Gasteiger charge is -2.13. The number of rotatable bonds is 8. The second kappa shape index (κ2) is 11.2. The molecule has 4 aromatic carbocycles. The lowest BCUT2D eigenvalue weighted by molar-refractivity contribution is -0.123. The summed E-state index contributed by atoms with van der Waals surface area (Å²) in [5, 5.41) is 4.60. The number of nitrogens with zero attached hydrogens (tertiary/aromatic N) is 1. The van der Waals surface area contributed by atoms with E-state index in [1.165, 1.54) is 12.0 Å². The van der Waals surface area contributed by atoms with E-state index < -0.39 is 0 Å². The number of para-hydroxylation sites is 1. The Kier molecular flexibility index (Phi) is 7.42. The average molecular weight is 525 g/mol. The molecule has 1 N–H and O–H groups in total. The fourth-order valence-corrected chi connectivity index (χ4v) is 4.90. The van der Waals surface area contributed by atoms with Crippen LogP contribution in [0.2, 0.25) is 0 Å². The van der Waals surface area contributed by atoms with Crippen LogP contribution in [0.4, 0.5) is 10.5 Å². The van der Waals surface area contributed by atoms with Gasteiger partial charge in [0.2, 0.25) is 0 Å². The number of hydrogen-bond donors (Lipinski definition) is 1. The van der Waals surface area contributed by atoms with E-state index in [1.807, 2.05) is 60.7 Å². The highest BCUT2D eigenvalue weighted by atomic mass is 32.2. The zero-order valence-corrected chi connectivity index (χ0v) is 21.4. The van der Waals surface area contributed by atoms with Crippen LogP contribution in [-0.2, 0) is 16.1 Å². The summed E-state index contributed by atoms with van der Waals surface area (Å²) < 4.78 is 11.1. The number of benzene rings is 4. The molecule has 0 spiro atoms. The fraction of sp³-hybridized carbons (Fsp3) is 0.100. The van der Waals surface area contributed by atoms with Gasteiger partial charge in [-0.2, -0.15) is 0 Å². The van der Waals surface area contributed by atoms with Crippen molar-refractivity contribution >= 4 is 51.4 Å². The highest BCUT2D eigenvalue weighted by Gasteiger charge is 2.35. The number of fused-ring (bicyclic) bond motifs is 1. The molecule has 5 rings (SSSR count). The van der Waals surface area contributed by atoms with E-state index in [0.717, 1.165) is 28.1 Å². The molecule has 8 heteroatoms. The number of hydrogen-bond acceptors (Lipinski definition) is 6. The van der Waals surface area contributed by atoms with Gasteiger partial charge in [-0.1, -0.05) is 60.7 Å². The van der Waals surface area contributed by atoms with Crippen molar-refractivity contribution in [3.05, 3.63) is 107 Å². The Balaban J connectivity index is 1.26. The summed E-state index contributed by atoms with van der Waals surface area (Å²) in [6.45, 7) is 0.00620. The topological polar surface area (TPSA) is 84.9 Å². The molecule has 4 aromatic rings. The van der Waals surface area contributed by atoms with Gasteiger partial charge in [0.15, 0.2) is 18.1 Å². The first-order valence-electron chi connectivity index (χ1n) is 11.9. The van der Waals surface area contributed by atoms with E-state index in [2.05, 4.69) is 5.32 Å². The van der Waals surface area contributed by atoms with Crippen molar-refractivity contribution in [2.45, 2.75) is 6.54 Å². The first kappa shape index (κ1) is 25.1. The van der Waals surface area contributed by atoms with Gasteiger partial charge >= 0.3 is 0 Å². The number of ether oxygens (including phenoxy) is 2. The van der Waals surface area contributed by atoms with Crippen LogP contribution in [0.1, 0.15) is 11.1 Å². The van der Waals surface area contributed by atoms with Crippen LogP contribution in [0.3, 0.4) is 0 Å². The second-order valence-corrected chi connectivity index (χ2v) is 9.56. The van der Waals surface area contributed by atoms with Crippen molar-refractivity contribution in [1.82, 2.24) is 4.90 Å². The summed E-state index contributed by atoms with van der Waals surface area (Å²) >= 11 is 0.906. The first-order valence-corrected chi connectivity index (χ1v) is 12.7. The predicted octanol–water partition coefficient (Wildman–Crippen LogP) is 6.10. The molecule has 1 aliphatic heterocycles. The monoisotopic (exact) mass is 524 g/mol. The third-order valence-corrected chi connectivity index (χ3v) is 6.84. The largest absolute Gasteiger partial charge is 0.493 e. The molecule has 0 bridgehead atoms. The highest BCUT2D eigenvalue weighted by Crippen LogP contribution is 2.35. The quantitative estimate of drug-likeness (QED) is 0.280. The Labute approximate surface area is 224 Å². The summed E-state index contributed by atoms with van der Waals surface area (Å²) in [6, 6.07) is 28.1. The Bertz CT molecular complexity index is 1550. The van der Waals surface area contributed by atoms with Gasteiger partial charge in [-0.25, -0.2) is 0 Å². The predicted molar refractivity (Wildman–Crippen MR) is 149 cm³/mol. The molecule has 190 valence electrons. The van der Waals surface area contributed by atoms with Gasteiger partial charge < -0.3 is 14.8 Å². The second-order valence-electron chi connectivity index (χ2n) is 8.56. The van der Waals surface area contributed by atoms with E-state index >= 15 is 0 Å². The molecule has 1 aliphatic rings. The van der Waals surface area contributed by atoms with Gasteiger partial charge in [0.05, 0.1) is 18.6 Å². The van der Waals surface area contributed by atoms with Crippen molar-refractivity contribution in [3.63, 3.8) is 0 Å². The van der Waals surface area contributed by atoms with Crippen LogP contribution in [-0.4, -0.2) is 35.7 Å². The van der Waals surface area contributed by atoms with Gasteiger partial charge in [0.25, 0.3) is 17.1 Å². The molecule has 1 fully saturated rings. The van der Waals surface area contributed by atoms with Crippen LogP contribution >= 0.6 is 11.8 Å². The van der Waals surface area contributed by atoms with Crippen LogP contribution in [0, 0.1) is 0 Å². The SMILES string of the molecule is COc1cc(/C=C2\SC(=O)N(Cc3ccc4ccccc4c3)C2=O)ccc1OCC(=O)Nc1ccccc1. The normalized spacial score (nSPS) is 14.2. The summed E-state index contributed by atoms with van der Waals surface area (Å²) in [4.78, 5) is 39.5. The van der Waals surface area contributed by atoms with Crippen molar-refractivity contribution < 1.29 is 23.9 Å². The number of imide groups is 1. The van der Waals surface area contributed by atoms with Gasteiger partial charge in [-0.05, 0) is 70.1 Å². The molecule has 1 saturated heterocycles. The zero-order chi connectivity index (χ0) is 26.5. The number of amides is 3. The number of methoxy groups -OCH3 is 1. The molecule has 38 heavy (non-hydrogen) atoms. The van der Waals surface area contributed by atoms with Gasteiger partial charge in [0, 0.05) is 5.69 Å². The molecule has 0 unspecified atom stereocenters. The van der Waals surface area contributed by atoms with Crippen LogP contribution in [0.25, 0.3) is 16.8 Å². The molecule has 0 aliphatic carbocycles. The maximum absolute atomic E-state index is 13.1. The van der Waals surface area contributed by atoms with Crippen LogP contribution < -0.4 is 14.8 Å². The van der Waals surface area contributed by atoms with Gasteiger partial charge in [0.1, 0.15) is 0 Å². The molecule has 0 atom stereocenters. The van der Waals surface area contributed by atoms with Crippen LogP contribution in [0.15, 0.2) is 95.9 Å². The van der Waals surface area contributed by atoms with E-state index in [9.17, 15) is 14.4 Å². The lowest BCUT2D eigenvalue weighted by Crippen LogP contribution is -2.27. The molecule has 0 radical (unpaired) electrons. The molecule has 0 aromatic heterocycles. The summed E-state index contributed by atoms with van der Waals surface area (Å²) in [6.07, 6.45) is 1.65. The number of thioether (sulfide) groups is 1. The van der Waals surface area contributed by atoms with E-state index in [0.29, 0.717) is 27.7 Å². The Morgan fingerprint density at radius 1 is 0.895 bits per heavy atom. The Morgan fingerprint density at radius 3 is 2.45 bits per heavy atom. The molecule has 7 nitrogen and oxygen atoms in total. The minimum atomic E-state index is -0.343. The van der Waals surface area contributed by atoms with Crippen molar-refractivity contribution in [3.8, 4) is 11.5 Å². The van der Waals surface area contributed by atoms with E-state index in [4.69, 9.17) is 9.47 Å². The van der Waals surface area contributed by atoms with Crippen molar-refractivity contribution in [1.29, 1.82) is 0 Å². The van der Waals surface area contributed by atoms with Gasteiger partial charge in [-0.15, -0.1) is 0 Å². The van der Waals surface area contributed by atoms with Crippen molar-refractivity contribution in [2.24, 2.45) is 0 Å². The average Bonchev–Trinajstić information content (AvgIpc) is 3.19. The number of carbonyl (C=O) groups is 3.